The van der Waals surface area contributed by atoms with Gasteiger partial charge in [-0.15, -0.1) is 0 Å². The third kappa shape index (κ3) is 4.66. The summed E-state index contributed by atoms with van der Waals surface area (Å²) in [4.78, 5) is 7.94. The van der Waals surface area contributed by atoms with E-state index in [9.17, 15) is 34.8 Å². The van der Waals surface area contributed by atoms with E-state index in [0.717, 1.165) is 41.2 Å². The molecule has 190 valence electrons. The zero-order valence-electron chi connectivity index (χ0n) is 18.5. The van der Waals surface area contributed by atoms with Gasteiger partial charge in [0.2, 0.25) is 0 Å². The molecule has 5 nitrogen and oxygen atoms in total. The van der Waals surface area contributed by atoms with E-state index < -0.39 is 33.3 Å². The number of aryl methyl sites for hydroxylation is 1. The van der Waals surface area contributed by atoms with Crippen molar-refractivity contribution in [3.05, 3.63) is 64.9 Å². The van der Waals surface area contributed by atoms with Crippen LogP contribution in [0.3, 0.4) is 0 Å². The molecule has 1 aromatic carbocycles. The Morgan fingerprint density at radius 3 is 2.22 bits per heavy atom. The Morgan fingerprint density at radius 2 is 1.61 bits per heavy atom. The fourth-order valence-electron chi connectivity index (χ4n) is 3.70. The highest BCUT2D eigenvalue weighted by atomic mass is 35.5. The summed E-state index contributed by atoms with van der Waals surface area (Å²) in [5.74, 6) is -0.377. The number of aromatic nitrogens is 3. The van der Waals surface area contributed by atoms with Gasteiger partial charge in [-0.1, -0.05) is 30.7 Å². The van der Waals surface area contributed by atoms with Crippen molar-refractivity contribution in [2.75, 3.05) is 5.75 Å². The van der Waals surface area contributed by atoms with Crippen molar-refractivity contribution in [1.82, 2.24) is 14.5 Å². The van der Waals surface area contributed by atoms with E-state index in [1.54, 1.807) is 0 Å². The SMILES string of the molecule is CCS(=O)(=O)c1cc(-c2cccc(C(F)(F)F)c2)cnc1-c1nc2cc(C(F)(F)F)cn(C)c-2c1Cl. The normalized spacial score (nSPS) is 12.9. The van der Waals surface area contributed by atoms with Gasteiger partial charge in [0.05, 0.1) is 38.2 Å². The van der Waals surface area contributed by atoms with Crippen LogP contribution in [0.1, 0.15) is 18.1 Å². The molecule has 0 saturated heterocycles. The van der Waals surface area contributed by atoms with Crippen molar-refractivity contribution in [2.45, 2.75) is 24.2 Å². The lowest BCUT2D eigenvalue weighted by Gasteiger charge is -2.13. The largest absolute Gasteiger partial charge is 0.417 e. The first-order chi connectivity index (χ1) is 16.6. The van der Waals surface area contributed by atoms with Crippen LogP contribution in [-0.4, -0.2) is 28.7 Å². The van der Waals surface area contributed by atoms with Crippen LogP contribution in [0.2, 0.25) is 5.02 Å². The molecule has 0 saturated carbocycles. The summed E-state index contributed by atoms with van der Waals surface area (Å²) in [6.45, 7) is 1.36. The minimum Gasteiger partial charge on any atom is -0.347 e. The number of benzene rings is 1. The number of alkyl halides is 6. The minimum absolute atomic E-state index is 0.0735. The van der Waals surface area contributed by atoms with E-state index in [1.165, 1.54) is 26.1 Å². The maximum absolute atomic E-state index is 13.3. The van der Waals surface area contributed by atoms with Crippen molar-refractivity contribution in [3.63, 3.8) is 0 Å². The Labute approximate surface area is 206 Å². The van der Waals surface area contributed by atoms with Crippen molar-refractivity contribution >= 4 is 21.4 Å². The lowest BCUT2D eigenvalue weighted by molar-refractivity contribution is -0.138. The average Bonchev–Trinajstić information content (AvgIpc) is 3.14. The molecule has 0 atom stereocenters. The zero-order valence-corrected chi connectivity index (χ0v) is 20.1. The minimum atomic E-state index is -4.65. The van der Waals surface area contributed by atoms with Gasteiger partial charge in [-0.25, -0.2) is 13.4 Å². The van der Waals surface area contributed by atoms with Crippen molar-refractivity contribution < 1.29 is 34.8 Å². The number of sulfone groups is 1. The van der Waals surface area contributed by atoms with Gasteiger partial charge in [0.15, 0.2) is 9.84 Å². The molecule has 0 amide bonds. The van der Waals surface area contributed by atoms with Crippen molar-refractivity contribution in [1.29, 1.82) is 0 Å². The molecule has 0 spiro atoms. The van der Waals surface area contributed by atoms with Gasteiger partial charge < -0.3 is 4.57 Å². The highest BCUT2D eigenvalue weighted by Gasteiger charge is 2.35. The third-order valence-corrected chi connectivity index (χ3v) is 7.61. The molecule has 0 N–H and O–H groups in total. The van der Waals surface area contributed by atoms with Gasteiger partial charge in [0.25, 0.3) is 0 Å². The van der Waals surface area contributed by atoms with Gasteiger partial charge in [-0.05, 0) is 29.8 Å². The molecule has 2 aromatic rings. The van der Waals surface area contributed by atoms with Crippen LogP contribution < -0.4 is 0 Å². The smallest absolute Gasteiger partial charge is 0.347 e. The van der Waals surface area contributed by atoms with Crippen molar-refractivity contribution in [2.24, 2.45) is 7.05 Å². The van der Waals surface area contributed by atoms with Crippen LogP contribution in [0.4, 0.5) is 26.3 Å². The summed E-state index contributed by atoms with van der Waals surface area (Å²) in [5, 5.41) is -0.118. The molecule has 0 unspecified atom stereocenters. The summed E-state index contributed by atoms with van der Waals surface area (Å²) in [7, 11) is -2.68. The van der Waals surface area contributed by atoms with E-state index >= 15 is 0 Å². The van der Waals surface area contributed by atoms with E-state index in [4.69, 9.17) is 11.6 Å². The predicted octanol–water partition coefficient (Wildman–Crippen LogP) is 6.74. The fourth-order valence-corrected chi connectivity index (χ4v) is 5.12. The van der Waals surface area contributed by atoms with Crippen LogP contribution in [0.15, 0.2) is 53.7 Å². The fraction of sp³-hybridized carbons (Fsp3) is 0.217. The molecule has 3 heterocycles. The van der Waals surface area contributed by atoms with E-state index in [2.05, 4.69) is 9.97 Å². The first-order valence-electron chi connectivity index (χ1n) is 10.3. The van der Waals surface area contributed by atoms with E-state index in [1.807, 2.05) is 0 Å². The summed E-state index contributed by atoms with van der Waals surface area (Å²) < 4.78 is 106. The third-order valence-electron chi connectivity index (χ3n) is 5.51. The second-order valence-corrected chi connectivity index (χ2v) is 10.5. The van der Waals surface area contributed by atoms with Gasteiger partial charge in [-0.3, -0.25) is 4.98 Å². The first-order valence-corrected chi connectivity index (χ1v) is 12.3. The Balaban J connectivity index is 1.95. The summed E-state index contributed by atoms with van der Waals surface area (Å²) in [6, 6.07) is 6.24. The number of hydrogen-bond acceptors (Lipinski definition) is 4. The molecular weight excluding hydrogens is 532 g/mol. The molecule has 0 fully saturated rings. The quantitative estimate of drug-likeness (QED) is 0.265. The number of fused-ring (bicyclic) bond motifs is 1. The highest BCUT2D eigenvalue weighted by molar-refractivity contribution is 7.91. The second-order valence-electron chi connectivity index (χ2n) is 7.90. The van der Waals surface area contributed by atoms with Crippen LogP contribution in [-0.2, 0) is 29.2 Å². The summed E-state index contributed by atoms with van der Waals surface area (Å²) >= 11 is 6.43. The highest BCUT2D eigenvalue weighted by Crippen LogP contribution is 2.43. The molecule has 13 heteroatoms. The van der Waals surface area contributed by atoms with Crippen LogP contribution in [0.25, 0.3) is 33.9 Å². The molecule has 1 aromatic heterocycles. The number of pyridine rings is 2. The molecule has 4 rings (SSSR count). The monoisotopic (exact) mass is 547 g/mol. The van der Waals surface area contributed by atoms with E-state index in [0.29, 0.717) is 0 Å². The van der Waals surface area contributed by atoms with Crippen molar-refractivity contribution in [3.8, 4) is 33.9 Å². The zero-order chi connectivity index (χ0) is 26.6. The Bertz CT molecular complexity index is 1540. The van der Waals surface area contributed by atoms with E-state index in [-0.39, 0.29) is 49.6 Å². The lowest BCUT2D eigenvalue weighted by Crippen LogP contribution is -2.09. The summed E-state index contributed by atoms with van der Waals surface area (Å²) in [6.07, 6.45) is -7.28. The molecule has 0 radical (unpaired) electrons. The average molecular weight is 548 g/mol. The number of nitrogens with zero attached hydrogens (tertiary/aromatic N) is 3. The van der Waals surface area contributed by atoms with Crippen LogP contribution >= 0.6 is 11.6 Å². The Morgan fingerprint density at radius 1 is 0.944 bits per heavy atom. The van der Waals surface area contributed by atoms with Gasteiger partial charge in [0, 0.05) is 25.0 Å². The number of halogens is 7. The number of hydrogen-bond donors (Lipinski definition) is 0. The standard InChI is InChI=1S/C23H16ClF6N3O2S/c1-3-36(34,35)17-8-13(12-5-4-6-14(7-12)22(25,26)27)10-31-19(17)20-18(24)21-16(32-20)9-15(11-33(21)2)23(28,29)30/h4-11H,3H2,1-2H3. The van der Waals surface area contributed by atoms with Gasteiger partial charge in [0.1, 0.15) is 11.4 Å². The first kappa shape index (κ1) is 26.0. The topological polar surface area (TPSA) is 64.8 Å². The van der Waals surface area contributed by atoms with Crippen LogP contribution in [0, 0.1) is 0 Å². The molecule has 0 aliphatic carbocycles. The van der Waals surface area contributed by atoms with Gasteiger partial charge in [-0.2, -0.15) is 26.3 Å². The van der Waals surface area contributed by atoms with Crippen LogP contribution in [0.5, 0.6) is 0 Å². The summed E-state index contributed by atoms with van der Waals surface area (Å²) in [5.41, 5.74) is -2.12. The molecule has 36 heavy (non-hydrogen) atoms. The molecule has 2 aliphatic heterocycles. The Kier molecular flexibility index (Phi) is 6.32. The lowest BCUT2D eigenvalue weighted by atomic mass is 10.0. The maximum Gasteiger partial charge on any atom is 0.417 e. The number of rotatable bonds is 4. The maximum atomic E-state index is 13.3. The predicted molar refractivity (Wildman–Crippen MR) is 121 cm³/mol. The molecule has 0 bridgehead atoms. The molecule has 2 aliphatic rings. The van der Waals surface area contributed by atoms with Gasteiger partial charge >= 0.3 is 12.4 Å². The molecular formula is C23H16ClF6N3O2S. The second kappa shape index (κ2) is 8.77. The Hall–Kier alpha value is -3.12.